The van der Waals surface area contributed by atoms with E-state index in [9.17, 15) is 13.2 Å². The van der Waals surface area contributed by atoms with Crippen molar-refractivity contribution in [2.45, 2.75) is 38.1 Å². The van der Waals surface area contributed by atoms with Crippen LogP contribution in [0, 0.1) is 0 Å². The molecule has 0 spiro atoms. The van der Waals surface area contributed by atoms with Gasteiger partial charge < -0.3 is 14.4 Å². The zero-order chi connectivity index (χ0) is 21.2. The van der Waals surface area contributed by atoms with Gasteiger partial charge in [-0.3, -0.25) is 4.79 Å². The molecule has 0 bridgehead atoms. The minimum atomic E-state index is -3.51. The third kappa shape index (κ3) is 4.46. The summed E-state index contributed by atoms with van der Waals surface area (Å²) in [5, 5.41) is 0. The fourth-order valence-corrected chi connectivity index (χ4v) is 4.69. The lowest BCUT2D eigenvalue weighted by atomic mass is 10.2. The summed E-state index contributed by atoms with van der Waals surface area (Å²) in [5.74, 6) is 0.980. The first-order valence-electron chi connectivity index (χ1n) is 10.2. The van der Waals surface area contributed by atoms with Gasteiger partial charge in [0, 0.05) is 59.7 Å². The largest absolute Gasteiger partial charge is 0.340 e. The Bertz CT molecular complexity index is 975. The van der Waals surface area contributed by atoms with E-state index >= 15 is 0 Å². The molecule has 2 heterocycles. The number of likely N-dealkylation sites (N-methyl/N-ethyl adjacent to an activating group) is 1. The Morgan fingerprint density at radius 2 is 1.79 bits per heavy atom. The maximum Gasteiger partial charge on any atom is 0.242 e. The molecule has 29 heavy (non-hydrogen) atoms. The van der Waals surface area contributed by atoms with Gasteiger partial charge in [0.15, 0.2) is 0 Å². The fourth-order valence-electron chi connectivity index (χ4n) is 3.76. The van der Waals surface area contributed by atoms with Crippen LogP contribution in [0.1, 0.15) is 26.1 Å². The highest BCUT2D eigenvalue weighted by Gasteiger charge is 2.22. The van der Waals surface area contributed by atoms with E-state index in [4.69, 9.17) is 0 Å². The first-order chi connectivity index (χ1) is 13.8. The average molecular weight is 422 g/mol. The topological polar surface area (TPSA) is 78.8 Å². The van der Waals surface area contributed by atoms with Crippen LogP contribution in [-0.4, -0.2) is 84.8 Å². The van der Waals surface area contributed by atoms with Crippen molar-refractivity contribution in [1.29, 1.82) is 0 Å². The average Bonchev–Trinajstić information content (AvgIpc) is 3.08. The van der Waals surface area contributed by atoms with Crippen LogP contribution in [0.25, 0.3) is 11.0 Å². The lowest BCUT2D eigenvalue weighted by Crippen LogP contribution is -2.48. The second-order valence-corrected chi connectivity index (χ2v) is 9.68. The summed E-state index contributed by atoms with van der Waals surface area (Å²) >= 11 is 0. The molecule has 8 nitrogen and oxygen atoms in total. The summed E-state index contributed by atoms with van der Waals surface area (Å²) in [5.41, 5.74) is 1.54. The number of carbonyl (C=O) groups excluding carboxylic acids is 1. The highest BCUT2D eigenvalue weighted by molar-refractivity contribution is 7.89. The number of sulfonamides is 1. The van der Waals surface area contributed by atoms with Crippen LogP contribution in [0.4, 0.5) is 0 Å². The van der Waals surface area contributed by atoms with Gasteiger partial charge in [-0.25, -0.2) is 17.7 Å². The Hall–Kier alpha value is -1.97. The third-order valence-electron chi connectivity index (χ3n) is 5.63. The van der Waals surface area contributed by atoms with Crippen LogP contribution >= 0.6 is 0 Å². The van der Waals surface area contributed by atoms with Gasteiger partial charge >= 0.3 is 0 Å². The predicted octanol–water partition coefficient (Wildman–Crippen LogP) is 1.40. The number of fused-ring (bicyclic) bond motifs is 1. The molecule has 0 radical (unpaired) electrons. The van der Waals surface area contributed by atoms with E-state index in [0.717, 1.165) is 50.6 Å². The Kier molecular flexibility index (Phi) is 6.60. The maximum atomic E-state index is 12.6. The molecular formula is C20H31N5O3S. The monoisotopic (exact) mass is 421 g/mol. The zero-order valence-electron chi connectivity index (χ0n) is 17.8. The van der Waals surface area contributed by atoms with Crippen molar-refractivity contribution in [3.05, 3.63) is 24.0 Å². The molecule has 1 aromatic carbocycles. The van der Waals surface area contributed by atoms with Gasteiger partial charge in [0.25, 0.3) is 0 Å². The second kappa shape index (κ2) is 8.81. The first kappa shape index (κ1) is 21.7. The molecule has 2 aromatic rings. The standard InChI is InChI=1S/C20H31N5O3S/c1-5-23-11-13-24(14-12-23)20(26)10-9-19-21-17-15-16(29(27,28)22(3)4)7-8-18(17)25(19)6-2/h7-8,15H,5-6,9-14H2,1-4H3. The fraction of sp³-hybridized carbons (Fsp3) is 0.600. The normalized spacial score (nSPS) is 16.1. The number of imidazole rings is 1. The highest BCUT2D eigenvalue weighted by atomic mass is 32.2. The van der Waals surface area contributed by atoms with E-state index in [0.29, 0.717) is 18.4 Å². The Morgan fingerprint density at radius 1 is 1.10 bits per heavy atom. The third-order valence-corrected chi connectivity index (χ3v) is 7.44. The summed E-state index contributed by atoms with van der Waals surface area (Å²) in [6, 6.07) is 5.04. The number of rotatable bonds is 7. The summed E-state index contributed by atoms with van der Waals surface area (Å²) in [7, 11) is -0.476. The molecule has 3 rings (SSSR count). The van der Waals surface area contributed by atoms with Gasteiger partial charge in [-0.15, -0.1) is 0 Å². The second-order valence-electron chi connectivity index (χ2n) is 7.53. The zero-order valence-corrected chi connectivity index (χ0v) is 18.6. The SMILES string of the molecule is CCN1CCN(C(=O)CCc2nc3cc(S(=O)(=O)N(C)C)ccc3n2CC)CC1. The molecule has 1 amide bonds. The van der Waals surface area contributed by atoms with E-state index in [1.165, 1.54) is 18.4 Å². The van der Waals surface area contributed by atoms with Gasteiger partial charge in [-0.2, -0.15) is 0 Å². The van der Waals surface area contributed by atoms with E-state index in [1.807, 2.05) is 11.8 Å². The summed E-state index contributed by atoms with van der Waals surface area (Å²) in [6.45, 7) is 9.33. The Morgan fingerprint density at radius 3 is 2.38 bits per heavy atom. The lowest BCUT2D eigenvalue weighted by molar-refractivity contribution is -0.132. The summed E-state index contributed by atoms with van der Waals surface area (Å²) < 4.78 is 28.1. The predicted molar refractivity (Wildman–Crippen MR) is 113 cm³/mol. The molecule has 1 fully saturated rings. The van der Waals surface area contributed by atoms with Crippen molar-refractivity contribution in [2.24, 2.45) is 0 Å². The van der Waals surface area contributed by atoms with Crippen LogP contribution in [0.2, 0.25) is 0 Å². The molecular weight excluding hydrogens is 390 g/mol. The number of benzene rings is 1. The number of hydrogen-bond donors (Lipinski definition) is 0. The van der Waals surface area contributed by atoms with Crippen molar-refractivity contribution >= 4 is 27.0 Å². The Labute approximate surface area is 173 Å². The van der Waals surface area contributed by atoms with Crippen molar-refractivity contribution < 1.29 is 13.2 Å². The van der Waals surface area contributed by atoms with Gasteiger partial charge in [-0.1, -0.05) is 6.92 Å². The molecule has 9 heteroatoms. The molecule has 0 unspecified atom stereocenters. The van der Waals surface area contributed by atoms with Crippen LogP contribution in [0.3, 0.4) is 0 Å². The smallest absolute Gasteiger partial charge is 0.242 e. The van der Waals surface area contributed by atoms with Gasteiger partial charge in [0.2, 0.25) is 15.9 Å². The molecule has 160 valence electrons. The minimum Gasteiger partial charge on any atom is -0.340 e. The number of aromatic nitrogens is 2. The van der Waals surface area contributed by atoms with Crippen LogP contribution in [0.5, 0.6) is 0 Å². The highest BCUT2D eigenvalue weighted by Crippen LogP contribution is 2.23. The van der Waals surface area contributed by atoms with E-state index < -0.39 is 10.0 Å². The van der Waals surface area contributed by atoms with Gasteiger partial charge in [-0.05, 0) is 31.7 Å². The van der Waals surface area contributed by atoms with Crippen LogP contribution < -0.4 is 0 Å². The van der Waals surface area contributed by atoms with Crippen molar-refractivity contribution in [3.8, 4) is 0 Å². The minimum absolute atomic E-state index is 0.159. The molecule has 0 N–H and O–H groups in total. The number of aryl methyl sites for hydroxylation is 2. The van der Waals surface area contributed by atoms with Gasteiger partial charge in [0.1, 0.15) is 5.82 Å². The first-order valence-corrected chi connectivity index (χ1v) is 11.6. The van der Waals surface area contributed by atoms with E-state index in [-0.39, 0.29) is 10.8 Å². The molecule has 1 aliphatic heterocycles. The molecule has 1 saturated heterocycles. The lowest BCUT2D eigenvalue weighted by Gasteiger charge is -2.34. The number of piperazine rings is 1. The number of hydrogen-bond acceptors (Lipinski definition) is 5. The molecule has 0 saturated carbocycles. The Balaban J connectivity index is 1.76. The van der Waals surface area contributed by atoms with Crippen molar-refractivity contribution in [2.75, 3.05) is 46.8 Å². The van der Waals surface area contributed by atoms with Crippen molar-refractivity contribution in [1.82, 2.24) is 23.7 Å². The molecule has 0 atom stereocenters. The molecule has 1 aliphatic rings. The number of amides is 1. The maximum absolute atomic E-state index is 12.6. The molecule has 0 aliphatic carbocycles. The van der Waals surface area contributed by atoms with Gasteiger partial charge in [0.05, 0.1) is 15.9 Å². The van der Waals surface area contributed by atoms with E-state index in [2.05, 4.69) is 21.4 Å². The van der Waals surface area contributed by atoms with Crippen LogP contribution in [-0.2, 0) is 27.8 Å². The number of carbonyl (C=O) groups is 1. The van der Waals surface area contributed by atoms with Crippen LogP contribution in [0.15, 0.2) is 23.1 Å². The van der Waals surface area contributed by atoms with E-state index in [1.54, 1.807) is 18.2 Å². The summed E-state index contributed by atoms with van der Waals surface area (Å²) in [6.07, 6.45) is 0.962. The number of nitrogens with zero attached hydrogens (tertiary/aromatic N) is 5. The van der Waals surface area contributed by atoms with Crippen molar-refractivity contribution in [3.63, 3.8) is 0 Å². The summed E-state index contributed by atoms with van der Waals surface area (Å²) in [4.78, 5) is 21.8. The molecule has 1 aromatic heterocycles. The quantitative estimate of drug-likeness (QED) is 0.675.